The maximum Gasteiger partial charge on any atom is 0.328 e. The summed E-state index contributed by atoms with van der Waals surface area (Å²) in [6.45, 7) is 1.47. The van der Waals surface area contributed by atoms with E-state index in [0.29, 0.717) is 18.6 Å². The average molecular weight is 506 g/mol. The van der Waals surface area contributed by atoms with Crippen LogP contribution in [-0.2, 0) is 38.4 Å². The minimum Gasteiger partial charge on any atom is -0.508 e. The van der Waals surface area contributed by atoms with Gasteiger partial charge in [0.2, 0.25) is 5.91 Å². The highest BCUT2D eigenvalue weighted by Crippen LogP contribution is 2.22. The SMILES string of the molecule is COC(=O)[C@H](Cc1ccc(O)cc1Cc1ccccc1)NC(=O)C(CSC(C)=O)Cc1ccccc1. The Bertz CT molecular complexity index is 1170. The molecule has 0 fully saturated rings. The van der Waals surface area contributed by atoms with Crippen LogP contribution in [0.5, 0.6) is 5.75 Å². The Labute approximate surface area is 216 Å². The molecule has 0 heterocycles. The molecule has 3 aromatic rings. The number of amides is 1. The summed E-state index contributed by atoms with van der Waals surface area (Å²) in [5.74, 6) is -0.932. The van der Waals surface area contributed by atoms with Gasteiger partial charge in [-0.2, -0.15) is 0 Å². The van der Waals surface area contributed by atoms with Crippen molar-refractivity contribution >= 4 is 28.8 Å². The zero-order chi connectivity index (χ0) is 25.9. The number of esters is 1. The summed E-state index contributed by atoms with van der Waals surface area (Å²) in [5, 5.41) is 12.9. The fourth-order valence-corrected chi connectivity index (χ4v) is 4.69. The molecule has 0 aromatic heterocycles. The summed E-state index contributed by atoms with van der Waals surface area (Å²) < 4.78 is 5.00. The molecule has 1 unspecified atom stereocenters. The van der Waals surface area contributed by atoms with E-state index in [9.17, 15) is 19.5 Å². The predicted molar refractivity (Wildman–Crippen MR) is 142 cm³/mol. The normalized spacial score (nSPS) is 12.4. The van der Waals surface area contributed by atoms with Crippen molar-refractivity contribution in [3.8, 4) is 5.75 Å². The summed E-state index contributed by atoms with van der Waals surface area (Å²) in [5.41, 5.74) is 3.72. The van der Waals surface area contributed by atoms with E-state index in [1.807, 2.05) is 60.7 Å². The number of thioether (sulfide) groups is 1. The van der Waals surface area contributed by atoms with Crippen LogP contribution in [0.2, 0.25) is 0 Å². The van der Waals surface area contributed by atoms with Crippen molar-refractivity contribution in [2.24, 2.45) is 5.92 Å². The molecule has 0 saturated heterocycles. The van der Waals surface area contributed by atoms with Gasteiger partial charge >= 0.3 is 5.97 Å². The Morgan fingerprint density at radius 1 is 0.889 bits per heavy atom. The summed E-state index contributed by atoms with van der Waals surface area (Å²) in [4.78, 5) is 37.6. The molecule has 7 heteroatoms. The van der Waals surface area contributed by atoms with E-state index in [4.69, 9.17) is 4.74 Å². The van der Waals surface area contributed by atoms with E-state index >= 15 is 0 Å². The summed E-state index contributed by atoms with van der Waals surface area (Å²) in [6, 6.07) is 23.5. The molecular weight excluding hydrogens is 474 g/mol. The van der Waals surface area contributed by atoms with Gasteiger partial charge in [-0.1, -0.05) is 78.5 Å². The summed E-state index contributed by atoms with van der Waals surface area (Å²) in [7, 11) is 1.29. The largest absolute Gasteiger partial charge is 0.508 e. The molecule has 0 bridgehead atoms. The first-order valence-electron chi connectivity index (χ1n) is 11.8. The molecule has 3 rings (SSSR count). The van der Waals surface area contributed by atoms with E-state index in [1.54, 1.807) is 18.2 Å². The van der Waals surface area contributed by atoms with Gasteiger partial charge in [0.1, 0.15) is 11.8 Å². The smallest absolute Gasteiger partial charge is 0.328 e. The van der Waals surface area contributed by atoms with Crippen molar-refractivity contribution in [3.05, 3.63) is 101 Å². The number of methoxy groups -OCH3 is 1. The lowest BCUT2D eigenvalue weighted by atomic mass is 9.94. The molecule has 0 spiro atoms. The van der Waals surface area contributed by atoms with Crippen molar-refractivity contribution in [2.45, 2.75) is 32.2 Å². The van der Waals surface area contributed by atoms with Crippen LogP contribution in [0.25, 0.3) is 0 Å². The van der Waals surface area contributed by atoms with Crippen LogP contribution in [0.1, 0.15) is 29.2 Å². The number of hydrogen-bond acceptors (Lipinski definition) is 6. The maximum atomic E-state index is 13.3. The Morgan fingerprint density at radius 2 is 1.53 bits per heavy atom. The quantitative estimate of drug-likeness (QED) is 0.377. The Kier molecular flexibility index (Phi) is 10.1. The molecule has 36 heavy (non-hydrogen) atoms. The fourth-order valence-electron chi connectivity index (χ4n) is 3.98. The van der Waals surface area contributed by atoms with Gasteiger partial charge in [0, 0.05) is 19.1 Å². The number of nitrogens with one attached hydrogen (secondary N) is 1. The molecule has 0 radical (unpaired) electrons. The van der Waals surface area contributed by atoms with Crippen molar-refractivity contribution in [2.75, 3.05) is 12.9 Å². The molecule has 6 nitrogen and oxygen atoms in total. The lowest BCUT2D eigenvalue weighted by Gasteiger charge is -2.22. The molecule has 188 valence electrons. The van der Waals surface area contributed by atoms with E-state index in [-0.39, 0.29) is 23.2 Å². The number of phenolic OH excluding ortho intramolecular Hbond substituents is 1. The average Bonchev–Trinajstić information content (AvgIpc) is 2.88. The highest BCUT2D eigenvalue weighted by Gasteiger charge is 2.28. The number of ether oxygens (including phenoxy) is 1. The van der Waals surface area contributed by atoms with Gasteiger partial charge in [-0.3, -0.25) is 9.59 Å². The van der Waals surface area contributed by atoms with Gasteiger partial charge in [0.25, 0.3) is 0 Å². The second-order valence-electron chi connectivity index (χ2n) is 8.59. The van der Waals surface area contributed by atoms with E-state index in [1.165, 1.54) is 14.0 Å². The number of phenols is 1. The van der Waals surface area contributed by atoms with Crippen LogP contribution in [-0.4, -0.2) is 41.0 Å². The molecule has 3 aromatic carbocycles. The minimum absolute atomic E-state index is 0.0694. The van der Waals surface area contributed by atoms with Gasteiger partial charge in [0.15, 0.2) is 5.12 Å². The first-order chi connectivity index (χ1) is 17.4. The highest BCUT2D eigenvalue weighted by molar-refractivity contribution is 8.13. The Morgan fingerprint density at radius 3 is 2.14 bits per heavy atom. The van der Waals surface area contributed by atoms with Gasteiger partial charge in [-0.25, -0.2) is 4.79 Å². The van der Waals surface area contributed by atoms with Crippen LogP contribution >= 0.6 is 11.8 Å². The third kappa shape index (κ3) is 8.27. The van der Waals surface area contributed by atoms with Crippen LogP contribution in [0.15, 0.2) is 78.9 Å². The molecule has 0 saturated carbocycles. The third-order valence-electron chi connectivity index (χ3n) is 5.84. The van der Waals surface area contributed by atoms with Gasteiger partial charge < -0.3 is 15.2 Å². The van der Waals surface area contributed by atoms with Crippen LogP contribution in [0.4, 0.5) is 0 Å². The second kappa shape index (κ2) is 13.5. The Balaban J connectivity index is 1.81. The summed E-state index contributed by atoms with van der Waals surface area (Å²) >= 11 is 1.09. The monoisotopic (exact) mass is 505 g/mol. The lowest BCUT2D eigenvalue weighted by Crippen LogP contribution is -2.46. The molecule has 2 N–H and O–H groups in total. The third-order valence-corrected chi connectivity index (χ3v) is 6.81. The highest BCUT2D eigenvalue weighted by atomic mass is 32.2. The topological polar surface area (TPSA) is 92.7 Å². The number of hydrogen-bond donors (Lipinski definition) is 2. The molecular formula is C29H31NO5S. The first kappa shape index (κ1) is 27.0. The lowest BCUT2D eigenvalue weighted by molar-refractivity contribution is -0.145. The molecule has 1 amide bonds. The maximum absolute atomic E-state index is 13.3. The number of carbonyl (C=O) groups is 3. The zero-order valence-electron chi connectivity index (χ0n) is 20.5. The van der Waals surface area contributed by atoms with Crippen molar-refractivity contribution in [3.63, 3.8) is 0 Å². The van der Waals surface area contributed by atoms with E-state index in [0.717, 1.165) is 34.0 Å². The predicted octanol–water partition coefficient (Wildman–Crippen LogP) is 4.32. The minimum atomic E-state index is -0.915. The van der Waals surface area contributed by atoms with Crippen molar-refractivity contribution in [1.82, 2.24) is 5.32 Å². The number of rotatable bonds is 11. The van der Waals surface area contributed by atoms with E-state index < -0.39 is 17.9 Å². The van der Waals surface area contributed by atoms with Gasteiger partial charge in [-0.15, -0.1) is 0 Å². The van der Waals surface area contributed by atoms with Crippen LogP contribution < -0.4 is 5.32 Å². The van der Waals surface area contributed by atoms with Gasteiger partial charge in [-0.05, 0) is 47.2 Å². The first-order valence-corrected chi connectivity index (χ1v) is 12.7. The zero-order valence-corrected chi connectivity index (χ0v) is 21.3. The standard InChI is InChI=1S/C29H31NO5S/c1-20(31)36-19-25(16-22-11-7-4-8-12-22)28(33)30-27(29(34)35-2)18-23-13-14-26(32)17-24(23)15-21-9-5-3-6-10-21/h3-14,17,25,27,32H,15-16,18-19H2,1-2H3,(H,30,33)/t25?,27-/m0/s1. The van der Waals surface area contributed by atoms with Crippen molar-refractivity contribution < 1.29 is 24.2 Å². The second-order valence-corrected chi connectivity index (χ2v) is 9.79. The number of benzene rings is 3. The van der Waals surface area contributed by atoms with E-state index in [2.05, 4.69) is 5.32 Å². The summed E-state index contributed by atoms with van der Waals surface area (Å²) in [6.07, 6.45) is 1.22. The van der Waals surface area contributed by atoms with Crippen molar-refractivity contribution in [1.29, 1.82) is 0 Å². The Hall–Kier alpha value is -3.58. The molecule has 2 atom stereocenters. The number of aromatic hydroxyl groups is 1. The van der Waals surface area contributed by atoms with Crippen LogP contribution in [0, 0.1) is 5.92 Å². The number of carbonyl (C=O) groups excluding carboxylic acids is 3. The van der Waals surface area contributed by atoms with Gasteiger partial charge in [0.05, 0.1) is 13.0 Å². The molecule has 0 aliphatic heterocycles. The fraction of sp³-hybridized carbons (Fsp3) is 0.276. The van der Waals surface area contributed by atoms with Crippen LogP contribution in [0.3, 0.4) is 0 Å². The molecule has 0 aliphatic carbocycles. The molecule has 0 aliphatic rings.